The van der Waals surface area contributed by atoms with Crippen molar-refractivity contribution in [2.24, 2.45) is 10.8 Å². The standard InChI is InChI=1S/C18H27N5OS/c1-20-14-15(23-12-10-22(2)11-13-23)6-4-3-5-7-16-8-9-17(25-16)18(24)21-19/h3-4,6,8-9,14H,5,7,10-13,19H2,1-2H3,(H,21,24)/b4-3+,15-6+,20-14?. The highest BCUT2D eigenvalue weighted by atomic mass is 32.1. The van der Waals surface area contributed by atoms with E-state index < -0.39 is 0 Å². The Balaban J connectivity index is 1.85. The third kappa shape index (κ3) is 6.12. The van der Waals surface area contributed by atoms with Crippen LogP contribution < -0.4 is 11.3 Å². The number of allylic oxidation sites excluding steroid dienone is 4. The minimum absolute atomic E-state index is 0.231. The normalized spacial score (nSPS) is 16.9. The topological polar surface area (TPSA) is 74.0 Å². The van der Waals surface area contributed by atoms with Crippen LogP contribution in [0.1, 0.15) is 21.0 Å². The first-order valence-corrected chi connectivity index (χ1v) is 9.28. The average Bonchev–Trinajstić information content (AvgIpc) is 3.09. The predicted molar refractivity (Wildman–Crippen MR) is 105 cm³/mol. The molecule has 0 aromatic carbocycles. The van der Waals surface area contributed by atoms with E-state index in [1.165, 1.54) is 16.2 Å². The summed E-state index contributed by atoms with van der Waals surface area (Å²) in [4.78, 5) is 22.2. The van der Waals surface area contributed by atoms with Crippen molar-refractivity contribution in [3.05, 3.63) is 45.8 Å². The van der Waals surface area contributed by atoms with Crippen molar-refractivity contribution in [1.82, 2.24) is 15.2 Å². The Morgan fingerprint density at radius 3 is 2.80 bits per heavy atom. The maximum atomic E-state index is 11.4. The second kappa shape index (κ2) is 10.1. The van der Waals surface area contributed by atoms with E-state index in [1.54, 1.807) is 7.05 Å². The molecule has 1 aliphatic rings. The van der Waals surface area contributed by atoms with Crippen molar-refractivity contribution < 1.29 is 4.79 Å². The molecule has 0 unspecified atom stereocenters. The molecule has 25 heavy (non-hydrogen) atoms. The smallest absolute Gasteiger partial charge is 0.275 e. The van der Waals surface area contributed by atoms with E-state index in [0.29, 0.717) is 4.88 Å². The molecule has 2 rings (SSSR count). The lowest BCUT2D eigenvalue weighted by Crippen LogP contribution is -2.44. The van der Waals surface area contributed by atoms with Crippen LogP contribution in [0.2, 0.25) is 0 Å². The van der Waals surface area contributed by atoms with Crippen LogP contribution in [0.3, 0.4) is 0 Å². The first kappa shape index (κ1) is 19.4. The SMILES string of the molecule is CN=C/C(=C\C=C\CCc1ccc(C(=O)NN)s1)N1CCN(C)CC1. The maximum absolute atomic E-state index is 11.4. The van der Waals surface area contributed by atoms with Gasteiger partial charge in [0.1, 0.15) is 0 Å². The lowest BCUT2D eigenvalue weighted by Gasteiger charge is -2.34. The number of hydrazine groups is 1. The number of piperazine rings is 1. The van der Waals surface area contributed by atoms with Crippen LogP contribution in [0.4, 0.5) is 0 Å². The lowest BCUT2D eigenvalue weighted by molar-refractivity contribution is 0.0957. The zero-order chi connectivity index (χ0) is 18.1. The number of thiophene rings is 1. The van der Waals surface area contributed by atoms with E-state index in [4.69, 9.17) is 5.84 Å². The van der Waals surface area contributed by atoms with E-state index in [2.05, 4.69) is 45.5 Å². The van der Waals surface area contributed by atoms with Crippen LogP contribution in [0.5, 0.6) is 0 Å². The maximum Gasteiger partial charge on any atom is 0.275 e. The Bertz CT molecular complexity index is 642. The molecule has 136 valence electrons. The highest BCUT2D eigenvalue weighted by molar-refractivity contribution is 7.14. The van der Waals surface area contributed by atoms with Gasteiger partial charge >= 0.3 is 0 Å². The second-order valence-corrected chi connectivity index (χ2v) is 7.14. The molecule has 1 aliphatic heterocycles. The zero-order valence-electron chi connectivity index (χ0n) is 14.9. The number of nitrogens with two attached hydrogens (primary N) is 1. The van der Waals surface area contributed by atoms with Gasteiger partial charge in [-0.2, -0.15) is 0 Å². The average molecular weight is 362 g/mol. The van der Waals surface area contributed by atoms with Crippen molar-refractivity contribution >= 4 is 23.5 Å². The molecule has 7 heteroatoms. The number of nitrogens with one attached hydrogen (secondary N) is 1. The highest BCUT2D eigenvalue weighted by Crippen LogP contribution is 2.18. The minimum Gasteiger partial charge on any atom is -0.368 e. The number of aryl methyl sites for hydroxylation is 1. The Hall–Kier alpha value is -1.96. The molecule has 3 N–H and O–H groups in total. The molecule has 0 saturated carbocycles. The molecular formula is C18H27N5OS. The van der Waals surface area contributed by atoms with Gasteiger partial charge in [0.2, 0.25) is 0 Å². The van der Waals surface area contributed by atoms with Crippen LogP contribution >= 0.6 is 11.3 Å². The van der Waals surface area contributed by atoms with E-state index in [0.717, 1.165) is 44.7 Å². The molecule has 1 aromatic heterocycles. The highest BCUT2D eigenvalue weighted by Gasteiger charge is 2.14. The van der Waals surface area contributed by atoms with Crippen molar-refractivity contribution in [2.45, 2.75) is 12.8 Å². The summed E-state index contributed by atoms with van der Waals surface area (Å²) in [5, 5.41) is 0. The molecule has 0 radical (unpaired) electrons. The zero-order valence-corrected chi connectivity index (χ0v) is 15.8. The fourth-order valence-corrected chi connectivity index (χ4v) is 3.55. The summed E-state index contributed by atoms with van der Waals surface area (Å²) in [5.41, 5.74) is 3.32. The number of carbonyl (C=O) groups excluding carboxylic acids is 1. The summed E-state index contributed by atoms with van der Waals surface area (Å²) in [5.74, 6) is 4.92. The van der Waals surface area contributed by atoms with E-state index in [1.807, 2.05) is 18.3 Å². The molecule has 0 spiro atoms. The lowest BCUT2D eigenvalue weighted by atomic mass is 10.2. The molecule has 0 bridgehead atoms. The third-order valence-corrected chi connectivity index (χ3v) is 5.25. The second-order valence-electron chi connectivity index (χ2n) is 5.98. The number of rotatable bonds is 7. The molecular weight excluding hydrogens is 334 g/mol. The number of nitrogens with zero attached hydrogens (tertiary/aromatic N) is 3. The number of aliphatic imine (C=N–C) groups is 1. The first-order chi connectivity index (χ1) is 12.1. The molecule has 1 saturated heterocycles. The molecule has 0 atom stereocenters. The number of carbonyl (C=O) groups is 1. The van der Waals surface area contributed by atoms with Crippen LogP contribution in [-0.4, -0.2) is 62.2 Å². The van der Waals surface area contributed by atoms with E-state index in [9.17, 15) is 4.79 Å². The van der Waals surface area contributed by atoms with Crippen molar-refractivity contribution in [3.8, 4) is 0 Å². The van der Waals surface area contributed by atoms with Crippen molar-refractivity contribution in [1.29, 1.82) is 0 Å². The van der Waals surface area contributed by atoms with E-state index >= 15 is 0 Å². The molecule has 2 heterocycles. The Labute approximate surface area is 153 Å². The van der Waals surface area contributed by atoms with Crippen LogP contribution in [-0.2, 0) is 6.42 Å². The predicted octanol–water partition coefficient (Wildman–Crippen LogP) is 1.67. The number of nitrogen functional groups attached to an aromatic ring is 1. The molecule has 1 aromatic rings. The van der Waals surface area contributed by atoms with Gasteiger partial charge in [-0.1, -0.05) is 12.2 Å². The van der Waals surface area contributed by atoms with Gasteiger partial charge in [0, 0.05) is 44.3 Å². The summed E-state index contributed by atoms with van der Waals surface area (Å²) in [6.07, 6.45) is 10.1. The van der Waals surface area contributed by atoms with Crippen LogP contribution in [0.15, 0.2) is 41.1 Å². The summed E-state index contributed by atoms with van der Waals surface area (Å²) in [6, 6.07) is 3.80. The van der Waals surface area contributed by atoms with Gasteiger partial charge in [0.15, 0.2) is 0 Å². The summed E-state index contributed by atoms with van der Waals surface area (Å²) in [7, 11) is 3.96. The summed E-state index contributed by atoms with van der Waals surface area (Å²) < 4.78 is 0. The number of hydrogen-bond acceptors (Lipinski definition) is 6. The quantitative estimate of drug-likeness (QED) is 0.255. The molecule has 1 fully saturated rings. The fraction of sp³-hybridized carbons (Fsp3) is 0.444. The van der Waals surface area contributed by atoms with Gasteiger partial charge in [0.05, 0.1) is 10.6 Å². The molecule has 1 amide bonds. The summed E-state index contributed by atoms with van der Waals surface area (Å²) in [6.45, 7) is 4.22. The van der Waals surface area contributed by atoms with Gasteiger partial charge in [-0.15, -0.1) is 11.3 Å². The van der Waals surface area contributed by atoms with Crippen molar-refractivity contribution in [3.63, 3.8) is 0 Å². The molecule has 0 aliphatic carbocycles. The Morgan fingerprint density at radius 1 is 1.36 bits per heavy atom. The van der Waals surface area contributed by atoms with Gasteiger partial charge in [0.25, 0.3) is 5.91 Å². The van der Waals surface area contributed by atoms with Gasteiger partial charge < -0.3 is 9.80 Å². The van der Waals surface area contributed by atoms with Gasteiger partial charge in [-0.25, -0.2) is 5.84 Å². The van der Waals surface area contributed by atoms with E-state index in [-0.39, 0.29) is 5.91 Å². The third-order valence-electron chi connectivity index (χ3n) is 4.11. The Kier molecular flexibility index (Phi) is 7.84. The Morgan fingerprint density at radius 2 is 2.12 bits per heavy atom. The molecule has 6 nitrogen and oxygen atoms in total. The summed E-state index contributed by atoms with van der Waals surface area (Å²) >= 11 is 1.49. The van der Waals surface area contributed by atoms with Gasteiger partial charge in [-0.05, 0) is 38.1 Å². The van der Waals surface area contributed by atoms with Crippen LogP contribution in [0.25, 0.3) is 0 Å². The monoisotopic (exact) mass is 361 g/mol. The number of hydrogen-bond donors (Lipinski definition) is 2. The van der Waals surface area contributed by atoms with Crippen LogP contribution in [0, 0.1) is 0 Å². The minimum atomic E-state index is -0.231. The largest absolute Gasteiger partial charge is 0.368 e. The first-order valence-electron chi connectivity index (χ1n) is 8.46. The van der Waals surface area contributed by atoms with Gasteiger partial charge in [-0.3, -0.25) is 15.2 Å². The van der Waals surface area contributed by atoms with Crippen molar-refractivity contribution in [2.75, 3.05) is 40.3 Å². The number of amides is 1. The fourth-order valence-electron chi connectivity index (χ4n) is 2.62. The number of likely N-dealkylation sites (N-methyl/N-ethyl adjacent to an activating group) is 1.